The molecule has 0 saturated heterocycles. The lowest BCUT2D eigenvalue weighted by Gasteiger charge is -2.24. The zero-order valence-electron chi connectivity index (χ0n) is 10.3. The van der Waals surface area contributed by atoms with Crippen LogP contribution in [0, 0.1) is 5.92 Å². The monoisotopic (exact) mass is 218 g/mol. The molecule has 2 heteroatoms. The van der Waals surface area contributed by atoms with E-state index in [9.17, 15) is 0 Å². The second-order valence-corrected chi connectivity index (χ2v) is 5.30. The molecule has 0 bridgehead atoms. The maximum absolute atomic E-state index is 5.81. The zero-order chi connectivity index (χ0) is 11.5. The third-order valence-electron chi connectivity index (χ3n) is 3.00. The van der Waals surface area contributed by atoms with Gasteiger partial charge in [-0.15, -0.1) is 0 Å². The fraction of sp³-hybridized carbons (Fsp3) is 0.571. The predicted octanol–water partition coefficient (Wildman–Crippen LogP) is 2.89. The van der Waals surface area contributed by atoms with Crippen molar-refractivity contribution in [3.05, 3.63) is 29.8 Å². The zero-order valence-corrected chi connectivity index (χ0v) is 10.3. The maximum atomic E-state index is 5.81. The Hall–Kier alpha value is -1.02. The molecule has 2 nitrogen and oxygen atoms in total. The van der Waals surface area contributed by atoms with E-state index in [2.05, 4.69) is 30.9 Å². The highest BCUT2D eigenvalue weighted by molar-refractivity contribution is 5.40. The molecule has 0 spiro atoms. The van der Waals surface area contributed by atoms with Crippen molar-refractivity contribution >= 4 is 5.69 Å². The van der Waals surface area contributed by atoms with Crippen molar-refractivity contribution in [2.75, 3.05) is 12.3 Å². The molecular weight excluding hydrogens is 196 g/mol. The normalized spacial score (nSPS) is 16.0. The first-order valence-electron chi connectivity index (χ1n) is 6.23. The molecule has 1 aromatic carbocycles. The fourth-order valence-electron chi connectivity index (χ4n) is 2.18. The minimum atomic E-state index is 0.738. The number of hydrogen-bond donors (Lipinski definition) is 1. The smallest absolute Gasteiger partial charge is 0.0317 e. The molecule has 1 aliphatic rings. The van der Waals surface area contributed by atoms with E-state index < -0.39 is 0 Å². The van der Waals surface area contributed by atoms with Gasteiger partial charge in [-0.05, 0) is 36.5 Å². The van der Waals surface area contributed by atoms with Gasteiger partial charge in [-0.25, -0.2) is 0 Å². The SMILES string of the molecule is CC(C)CN(Cc1cccc(N)c1)C1CC1. The first-order valence-corrected chi connectivity index (χ1v) is 6.23. The van der Waals surface area contributed by atoms with E-state index in [0.717, 1.165) is 24.2 Å². The van der Waals surface area contributed by atoms with Crippen LogP contribution in [0.3, 0.4) is 0 Å². The molecule has 0 unspecified atom stereocenters. The lowest BCUT2D eigenvalue weighted by molar-refractivity contribution is 0.226. The van der Waals surface area contributed by atoms with E-state index in [1.807, 2.05) is 12.1 Å². The summed E-state index contributed by atoms with van der Waals surface area (Å²) < 4.78 is 0. The lowest BCUT2D eigenvalue weighted by Crippen LogP contribution is -2.29. The first-order chi connectivity index (χ1) is 7.65. The van der Waals surface area contributed by atoms with Crippen molar-refractivity contribution in [1.82, 2.24) is 4.90 Å². The summed E-state index contributed by atoms with van der Waals surface area (Å²) in [6, 6.07) is 9.09. The molecule has 0 heterocycles. The third kappa shape index (κ3) is 3.24. The van der Waals surface area contributed by atoms with E-state index >= 15 is 0 Å². The topological polar surface area (TPSA) is 29.3 Å². The van der Waals surface area contributed by atoms with Gasteiger partial charge in [-0.2, -0.15) is 0 Å². The van der Waals surface area contributed by atoms with Gasteiger partial charge in [0, 0.05) is 24.8 Å². The Bertz CT molecular complexity index is 342. The van der Waals surface area contributed by atoms with Crippen LogP contribution < -0.4 is 5.73 Å². The van der Waals surface area contributed by atoms with Crippen LogP contribution in [-0.2, 0) is 6.54 Å². The summed E-state index contributed by atoms with van der Waals surface area (Å²) in [5.41, 5.74) is 8.02. The van der Waals surface area contributed by atoms with Crippen LogP contribution in [0.4, 0.5) is 5.69 Å². The quantitative estimate of drug-likeness (QED) is 0.770. The van der Waals surface area contributed by atoms with Gasteiger partial charge >= 0.3 is 0 Å². The average Bonchev–Trinajstić information content (AvgIpc) is 2.99. The van der Waals surface area contributed by atoms with E-state index in [0.29, 0.717) is 0 Å². The van der Waals surface area contributed by atoms with Gasteiger partial charge in [0.05, 0.1) is 0 Å². The van der Waals surface area contributed by atoms with Crippen molar-refractivity contribution < 1.29 is 0 Å². The average molecular weight is 218 g/mol. The Morgan fingerprint density at radius 3 is 2.69 bits per heavy atom. The van der Waals surface area contributed by atoms with Crippen molar-refractivity contribution in [3.8, 4) is 0 Å². The molecule has 0 amide bonds. The Balaban J connectivity index is 1.99. The van der Waals surface area contributed by atoms with Crippen LogP contribution in [0.1, 0.15) is 32.3 Å². The van der Waals surface area contributed by atoms with Crippen LogP contribution >= 0.6 is 0 Å². The lowest BCUT2D eigenvalue weighted by atomic mass is 10.1. The first kappa shape index (κ1) is 11.5. The molecule has 2 N–H and O–H groups in total. The molecule has 16 heavy (non-hydrogen) atoms. The summed E-state index contributed by atoms with van der Waals surface area (Å²) >= 11 is 0. The number of nitrogens with zero attached hydrogens (tertiary/aromatic N) is 1. The van der Waals surface area contributed by atoms with Crippen molar-refractivity contribution in [3.63, 3.8) is 0 Å². The second-order valence-electron chi connectivity index (χ2n) is 5.30. The van der Waals surface area contributed by atoms with Crippen LogP contribution in [0.25, 0.3) is 0 Å². The fourth-order valence-corrected chi connectivity index (χ4v) is 2.18. The van der Waals surface area contributed by atoms with Gasteiger partial charge in [0.2, 0.25) is 0 Å². The highest BCUT2D eigenvalue weighted by Crippen LogP contribution is 2.29. The Morgan fingerprint density at radius 1 is 1.38 bits per heavy atom. The van der Waals surface area contributed by atoms with Gasteiger partial charge in [-0.3, -0.25) is 4.90 Å². The summed E-state index contributed by atoms with van der Waals surface area (Å²) in [6.07, 6.45) is 2.74. The molecule has 1 saturated carbocycles. The van der Waals surface area contributed by atoms with Crippen LogP contribution in [0.5, 0.6) is 0 Å². The standard InChI is InChI=1S/C14H22N2/c1-11(2)9-16(14-6-7-14)10-12-4-3-5-13(15)8-12/h3-5,8,11,14H,6-7,9-10,15H2,1-2H3. The number of nitrogen functional groups attached to an aromatic ring is 1. The Kier molecular flexibility index (Phi) is 3.49. The summed E-state index contributed by atoms with van der Waals surface area (Å²) in [5.74, 6) is 0.738. The minimum absolute atomic E-state index is 0.738. The van der Waals surface area contributed by atoms with Gasteiger partial charge in [0.1, 0.15) is 0 Å². The van der Waals surface area contributed by atoms with Crippen LogP contribution in [0.2, 0.25) is 0 Å². The summed E-state index contributed by atoms with van der Waals surface area (Å²) in [7, 11) is 0. The third-order valence-corrected chi connectivity index (χ3v) is 3.00. The molecular formula is C14H22N2. The number of nitrogens with two attached hydrogens (primary N) is 1. The molecule has 0 radical (unpaired) electrons. The second kappa shape index (κ2) is 4.88. The van der Waals surface area contributed by atoms with E-state index in [4.69, 9.17) is 5.73 Å². The van der Waals surface area contributed by atoms with Gasteiger partial charge in [0.15, 0.2) is 0 Å². The number of anilines is 1. The molecule has 0 atom stereocenters. The molecule has 1 aliphatic carbocycles. The van der Waals surface area contributed by atoms with E-state index in [1.54, 1.807) is 0 Å². The van der Waals surface area contributed by atoms with Gasteiger partial charge in [0.25, 0.3) is 0 Å². The molecule has 88 valence electrons. The number of rotatable bonds is 5. The number of hydrogen-bond acceptors (Lipinski definition) is 2. The highest BCUT2D eigenvalue weighted by atomic mass is 15.2. The van der Waals surface area contributed by atoms with Crippen molar-refractivity contribution in [1.29, 1.82) is 0 Å². The molecule has 0 aliphatic heterocycles. The maximum Gasteiger partial charge on any atom is 0.0317 e. The Morgan fingerprint density at radius 2 is 2.12 bits per heavy atom. The van der Waals surface area contributed by atoms with Crippen LogP contribution in [0.15, 0.2) is 24.3 Å². The van der Waals surface area contributed by atoms with Gasteiger partial charge in [-0.1, -0.05) is 26.0 Å². The van der Waals surface area contributed by atoms with E-state index in [1.165, 1.54) is 24.9 Å². The summed E-state index contributed by atoms with van der Waals surface area (Å²) in [6.45, 7) is 6.82. The van der Waals surface area contributed by atoms with Crippen LogP contribution in [-0.4, -0.2) is 17.5 Å². The number of benzene rings is 1. The minimum Gasteiger partial charge on any atom is -0.399 e. The Labute approximate surface area is 98.4 Å². The summed E-state index contributed by atoms with van der Waals surface area (Å²) in [5, 5.41) is 0. The van der Waals surface area contributed by atoms with Gasteiger partial charge < -0.3 is 5.73 Å². The van der Waals surface area contributed by atoms with E-state index in [-0.39, 0.29) is 0 Å². The summed E-state index contributed by atoms with van der Waals surface area (Å²) in [4.78, 5) is 2.60. The molecule has 1 fully saturated rings. The predicted molar refractivity (Wildman–Crippen MR) is 69.1 cm³/mol. The van der Waals surface area contributed by atoms with Crippen molar-refractivity contribution in [2.24, 2.45) is 5.92 Å². The highest BCUT2D eigenvalue weighted by Gasteiger charge is 2.29. The molecule has 0 aromatic heterocycles. The van der Waals surface area contributed by atoms with Crippen molar-refractivity contribution in [2.45, 2.75) is 39.3 Å². The molecule has 1 aromatic rings. The largest absolute Gasteiger partial charge is 0.399 e. The molecule has 2 rings (SSSR count).